The van der Waals surface area contributed by atoms with Crippen LogP contribution in [0, 0.1) is 20.2 Å². The van der Waals surface area contributed by atoms with Crippen molar-refractivity contribution in [1.29, 1.82) is 0 Å². The van der Waals surface area contributed by atoms with Gasteiger partial charge in [-0.15, -0.1) is 22.7 Å². The number of nitrogens with zero attached hydrogens (tertiary/aromatic N) is 2. The van der Waals surface area contributed by atoms with E-state index in [0.717, 1.165) is 0 Å². The fourth-order valence-corrected chi connectivity index (χ4v) is 4.89. The fourth-order valence-electron chi connectivity index (χ4n) is 3.10. The number of nitro benzene ring substituents is 2. The summed E-state index contributed by atoms with van der Waals surface area (Å²) in [5.41, 5.74) is 2.31. The largest absolute Gasteiger partial charge is 0.287 e. The van der Waals surface area contributed by atoms with Crippen molar-refractivity contribution in [2.24, 2.45) is 0 Å². The average Bonchev–Trinajstić information content (AvgIpc) is 3.43. The van der Waals surface area contributed by atoms with Gasteiger partial charge in [0, 0.05) is 35.4 Å². The van der Waals surface area contributed by atoms with Crippen molar-refractivity contribution in [2.45, 2.75) is 0 Å². The third-order valence-electron chi connectivity index (χ3n) is 4.48. The summed E-state index contributed by atoms with van der Waals surface area (Å²) in [6.45, 7) is 0. The molecule has 0 spiro atoms. The number of benzene rings is 2. The van der Waals surface area contributed by atoms with Crippen LogP contribution in [0.4, 0.5) is 11.4 Å². The van der Waals surface area contributed by atoms with Crippen LogP contribution in [0.3, 0.4) is 0 Å². The number of carbonyl (C=O) groups is 1. The third kappa shape index (κ3) is 3.63. The SMILES string of the molecule is O=C(c1sccc1-c1cccc([N+](=O)[O-])c1)c1sccc1-c1cccc([N+](=O)[O-])c1. The zero-order valence-electron chi connectivity index (χ0n) is 15.2. The molecule has 0 N–H and O–H groups in total. The molecule has 2 aromatic heterocycles. The molecule has 30 heavy (non-hydrogen) atoms. The smallest absolute Gasteiger partial charge is 0.270 e. The van der Waals surface area contributed by atoms with Crippen molar-refractivity contribution >= 4 is 39.8 Å². The molecule has 0 saturated carbocycles. The number of hydrogen-bond donors (Lipinski definition) is 0. The number of ketones is 1. The summed E-state index contributed by atoms with van der Waals surface area (Å²) in [6, 6.07) is 15.8. The summed E-state index contributed by atoms with van der Waals surface area (Å²) in [4.78, 5) is 35.5. The van der Waals surface area contributed by atoms with E-state index in [2.05, 4.69) is 0 Å². The molecule has 4 rings (SSSR count). The summed E-state index contributed by atoms with van der Waals surface area (Å²) < 4.78 is 0. The molecule has 148 valence electrons. The minimum absolute atomic E-state index is 0.0505. The van der Waals surface area contributed by atoms with Crippen LogP contribution in [0.1, 0.15) is 14.5 Å². The van der Waals surface area contributed by atoms with Crippen LogP contribution < -0.4 is 0 Å². The van der Waals surface area contributed by atoms with Gasteiger partial charge in [-0.25, -0.2) is 0 Å². The summed E-state index contributed by atoms with van der Waals surface area (Å²) in [5.74, 6) is -0.219. The molecule has 0 unspecified atom stereocenters. The van der Waals surface area contributed by atoms with Gasteiger partial charge in [0.15, 0.2) is 0 Å². The molecule has 0 bridgehead atoms. The standard InChI is InChI=1S/C21H12N2O5S2/c24-19(20-17(7-9-29-20)13-3-1-5-15(11-13)22(25)26)21-18(8-10-30-21)14-4-2-6-16(12-14)23(27)28/h1-12H. The van der Waals surface area contributed by atoms with Gasteiger partial charge in [-0.1, -0.05) is 24.3 Å². The predicted octanol–water partition coefficient (Wildman–Crippen LogP) is 6.19. The highest BCUT2D eigenvalue weighted by molar-refractivity contribution is 7.16. The van der Waals surface area contributed by atoms with Crippen LogP contribution in [-0.4, -0.2) is 15.6 Å². The molecule has 0 aliphatic carbocycles. The highest BCUT2D eigenvalue weighted by atomic mass is 32.1. The number of carbonyl (C=O) groups excluding carboxylic acids is 1. The summed E-state index contributed by atoms with van der Waals surface area (Å²) in [5, 5.41) is 25.7. The van der Waals surface area contributed by atoms with Gasteiger partial charge in [0.25, 0.3) is 11.4 Å². The van der Waals surface area contributed by atoms with Crippen molar-refractivity contribution in [2.75, 3.05) is 0 Å². The molecule has 0 atom stereocenters. The molecule has 0 saturated heterocycles. The number of non-ortho nitro benzene ring substituents is 2. The van der Waals surface area contributed by atoms with E-state index < -0.39 is 9.85 Å². The van der Waals surface area contributed by atoms with Crippen molar-refractivity contribution in [3.05, 3.63) is 101 Å². The van der Waals surface area contributed by atoms with Crippen LogP contribution in [0.5, 0.6) is 0 Å². The molecular weight excluding hydrogens is 424 g/mol. The van der Waals surface area contributed by atoms with Gasteiger partial charge in [-0.05, 0) is 34.0 Å². The van der Waals surface area contributed by atoms with Crippen LogP contribution in [0.15, 0.2) is 71.4 Å². The number of hydrogen-bond acceptors (Lipinski definition) is 7. The third-order valence-corrected chi connectivity index (χ3v) is 6.31. The average molecular weight is 436 g/mol. The molecule has 0 aliphatic heterocycles. The van der Waals surface area contributed by atoms with Crippen molar-refractivity contribution in [1.82, 2.24) is 0 Å². The van der Waals surface area contributed by atoms with E-state index >= 15 is 0 Å². The molecule has 0 amide bonds. The number of rotatable bonds is 6. The topological polar surface area (TPSA) is 103 Å². The molecular formula is C21H12N2O5S2. The molecule has 2 aromatic carbocycles. The minimum atomic E-state index is -0.475. The van der Waals surface area contributed by atoms with Crippen molar-refractivity contribution < 1.29 is 14.6 Å². The minimum Gasteiger partial charge on any atom is -0.287 e. The van der Waals surface area contributed by atoms with E-state index in [1.165, 1.54) is 46.9 Å². The van der Waals surface area contributed by atoms with Gasteiger partial charge < -0.3 is 0 Å². The van der Waals surface area contributed by atoms with E-state index in [9.17, 15) is 25.0 Å². The maximum Gasteiger partial charge on any atom is 0.270 e. The molecule has 7 nitrogen and oxygen atoms in total. The molecule has 0 aliphatic rings. The maximum atomic E-state index is 13.3. The van der Waals surface area contributed by atoms with Crippen LogP contribution in [0.25, 0.3) is 22.3 Å². The van der Waals surface area contributed by atoms with Gasteiger partial charge in [0.05, 0.1) is 19.6 Å². The first kappa shape index (κ1) is 19.6. The van der Waals surface area contributed by atoms with Gasteiger partial charge in [0.1, 0.15) is 0 Å². The van der Waals surface area contributed by atoms with Crippen molar-refractivity contribution in [3.8, 4) is 22.3 Å². The lowest BCUT2D eigenvalue weighted by Gasteiger charge is -2.06. The number of thiophene rings is 2. The molecule has 2 heterocycles. The fraction of sp³-hybridized carbons (Fsp3) is 0. The second kappa shape index (κ2) is 7.97. The Morgan fingerprint density at radius 1 is 0.700 bits per heavy atom. The summed E-state index contributed by atoms with van der Waals surface area (Å²) in [6.07, 6.45) is 0. The van der Waals surface area contributed by atoms with E-state index in [1.54, 1.807) is 47.2 Å². The van der Waals surface area contributed by atoms with Gasteiger partial charge >= 0.3 is 0 Å². The van der Waals surface area contributed by atoms with Crippen LogP contribution >= 0.6 is 22.7 Å². The Hall–Kier alpha value is -3.69. The molecule has 4 aromatic rings. The quantitative estimate of drug-likeness (QED) is 0.204. The Labute approximate surface area is 178 Å². The van der Waals surface area contributed by atoms with E-state index in [0.29, 0.717) is 32.0 Å². The molecule has 9 heteroatoms. The second-order valence-corrected chi connectivity index (χ2v) is 8.10. The Balaban J connectivity index is 1.76. The zero-order chi connectivity index (χ0) is 21.3. The van der Waals surface area contributed by atoms with Crippen LogP contribution in [-0.2, 0) is 0 Å². The van der Waals surface area contributed by atoms with Gasteiger partial charge in [-0.2, -0.15) is 0 Å². The predicted molar refractivity (Wildman–Crippen MR) is 116 cm³/mol. The normalized spacial score (nSPS) is 10.7. The maximum absolute atomic E-state index is 13.3. The first-order chi connectivity index (χ1) is 14.5. The lowest BCUT2D eigenvalue weighted by atomic mass is 10.0. The monoisotopic (exact) mass is 436 g/mol. The Morgan fingerprint density at radius 2 is 1.13 bits per heavy atom. The Morgan fingerprint density at radius 3 is 1.53 bits per heavy atom. The van der Waals surface area contributed by atoms with Gasteiger partial charge in [-0.3, -0.25) is 25.0 Å². The second-order valence-electron chi connectivity index (χ2n) is 6.27. The Kier molecular flexibility index (Phi) is 5.21. The summed E-state index contributed by atoms with van der Waals surface area (Å²) in [7, 11) is 0. The Bertz CT molecular complexity index is 1190. The molecule has 0 radical (unpaired) electrons. The molecule has 0 fully saturated rings. The highest BCUT2D eigenvalue weighted by Gasteiger charge is 2.22. The lowest BCUT2D eigenvalue weighted by molar-refractivity contribution is -0.385. The van der Waals surface area contributed by atoms with Crippen molar-refractivity contribution in [3.63, 3.8) is 0 Å². The van der Waals surface area contributed by atoms with Gasteiger partial charge in [0.2, 0.25) is 5.78 Å². The summed E-state index contributed by atoms with van der Waals surface area (Å²) >= 11 is 2.51. The van der Waals surface area contributed by atoms with E-state index in [1.807, 2.05) is 0 Å². The van der Waals surface area contributed by atoms with E-state index in [4.69, 9.17) is 0 Å². The first-order valence-corrected chi connectivity index (χ1v) is 10.4. The zero-order valence-corrected chi connectivity index (χ0v) is 16.8. The highest BCUT2D eigenvalue weighted by Crippen LogP contribution is 2.37. The lowest BCUT2D eigenvalue weighted by Crippen LogP contribution is -2.00. The van der Waals surface area contributed by atoms with Crippen LogP contribution in [0.2, 0.25) is 0 Å². The van der Waals surface area contributed by atoms with E-state index in [-0.39, 0.29) is 17.2 Å². The number of nitro groups is 2. The first-order valence-electron chi connectivity index (χ1n) is 8.65.